The number of carbonyl (C=O) groups is 2. The minimum atomic E-state index is -3.94. The molecular weight excluding hydrogens is 585 g/mol. The maximum absolute atomic E-state index is 13.2. The third-order valence-electron chi connectivity index (χ3n) is 7.90. The molecule has 0 spiro atoms. The van der Waals surface area contributed by atoms with Crippen LogP contribution in [0.15, 0.2) is 82.7 Å². The summed E-state index contributed by atoms with van der Waals surface area (Å²) >= 11 is 1.47. The molecule has 1 fully saturated rings. The second-order valence-electron chi connectivity index (χ2n) is 10.8. The van der Waals surface area contributed by atoms with Crippen LogP contribution in [0.3, 0.4) is 0 Å². The summed E-state index contributed by atoms with van der Waals surface area (Å²) in [5.41, 5.74) is 1.33. The fraction of sp³-hybridized carbons (Fsp3) is 0.281. The van der Waals surface area contributed by atoms with Crippen LogP contribution in [0.2, 0.25) is 0 Å². The van der Waals surface area contributed by atoms with Gasteiger partial charge in [-0.15, -0.1) is 11.3 Å². The quantitative estimate of drug-likeness (QED) is 0.229. The van der Waals surface area contributed by atoms with Gasteiger partial charge in [-0.3, -0.25) is 9.59 Å². The van der Waals surface area contributed by atoms with Gasteiger partial charge < -0.3 is 20.3 Å². The topological polar surface area (TPSA) is 118 Å². The van der Waals surface area contributed by atoms with Crippen molar-refractivity contribution in [2.45, 2.75) is 48.1 Å². The molecule has 0 saturated heterocycles. The van der Waals surface area contributed by atoms with Crippen LogP contribution in [0, 0.1) is 0 Å². The first-order chi connectivity index (χ1) is 20.8. The number of aromatic nitrogens is 1. The SMILES string of the molecule is CN(CCCOc1ccc(-c2ncc(CNC(=O)c3ccc4c(c3)NC(=O)c3ccccc3S4(=O)=O)s2)cc1)C1CCC1. The predicted molar refractivity (Wildman–Crippen MR) is 165 cm³/mol. The van der Waals surface area contributed by atoms with E-state index in [-0.39, 0.29) is 33.2 Å². The van der Waals surface area contributed by atoms with Crippen molar-refractivity contribution in [3.63, 3.8) is 0 Å². The first kappa shape index (κ1) is 29.0. The molecule has 0 unspecified atom stereocenters. The lowest BCUT2D eigenvalue weighted by molar-refractivity contribution is 0.0949. The Hall–Kier alpha value is -4.06. The monoisotopic (exact) mass is 616 g/mol. The molecule has 6 rings (SSSR count). The van der Waals surface area contributed by atoms with Crippen LogP contribution in [-0.2, 0) is 16.4 Å². The summed E-state index contributed by atoms with van der Waals surface area (Å²) in [6, 6.07) is 18.8. The van der Waals surface area contributed by atoms with Gasteiger partial charge in [-0.1, -0.05) is 18.6 Å². The van der Waals surface area contributed by atoms with E-state index < -0.39 is 21.7 Å². The van der Waals surface area contributed by atoms with E-state index in [4.69, 9.17) is 4.74 Å². The first-order valence-electron chi connectivity index (χ1n) is 14.3. The zero-order chi connectivity index (χ0) is 30.0. The normalized spacial score (nSPS) is 15.5. The number of thiazole rings is 1. The van der Waals surface area contributed by atoms with Gasteiger partial charge in [0.1, 0.15) is 10.8 Å². The van der Waals surface area contributed by atoms with Crippen LogP contribution < -0.4 is 15.4 Å². The van der Waals surface area contributed by atoms with Crippen LogP contribution in [0.1, 0.15) is 51.3 Å². The number of rotatable bonds is 10. The van der Waals surface area contributed by atoms with Crippen molar-refractivity contribution in [2.75, 3.05) is 25.5 Å². The summed E-state index contributed by atoms with van der Waals surface area (Å²) in [6.45, 7) is 1.97. The molecule has 3 aromatic carbocycles. The Balaban J connectivity index is 1.04. The second kappa shape index (κ2) is 12.3. The maximum atomic E-state index is 13.2. The fourth-order valence-electron chi connectivity index (χ4n) is 5.20. The summed E-state index contributed by atoms with van der Waals surface area (Å²) in [7, 11) is -1.75. The number of fused-ring (bicyclic) bond motifs is 2. The molecule has 222 valence electrons. The summed E-state index contributed by atoms with van der Waals surface area (Å²) in [4.78, 5) is 33.4. The van der Waals surface area contributed by atoms with Crippen molar-refractivity contribution in [3.05, 3.63) is 88.9 Å². The molecule has 1 aliphatic carbocycles. The van der Waals surface area contributed by atoms with Crippen molar-refractivity contribution in [1.29, 1.82) is 0 Å². The van der Waals surface area contributed by atoms with Crippen molar-refractivity contribution in [1.82, 2.24) is 15.2 Å². The highest BCUT2D eigenvalue weighted by atomic mass is 32.2. The summed E-state index contributed by atoms with van der Waals surface area (Å²) in [6.07, 6.45) is 6.68. The molecule has 9 nitrogen and oxygen atoms in total. The Morgan fingerprint density at radius 3 is 2.65 bits per heavy atom. The Morgan fingerprint density at radius 2 is 1.88 bits per heavy atom. The molecule has 0 bridgehead atoms. The van der Waals surface area contributed by atoms with E-state index >= 15 is 0 Å². The van der Waals surface area contributed by atoms with Gasteiger partial charge >= 0.3 is 0 Å². The molecule has 4 aromatic rings. The third kappa shape index (κ3) is 6.20. The van der Waals surface area contributed by atoms with Crippen LogP contribution in [0.25, 0.3) is 10.6 Å². The number of anilines is 1. The molecule has 1 aliphatic heterocycles. The van der Waals surface area contributed by atoms with Gasteiger partial charge in [0.25, 0.3) is 11.8 Å². The number of hydrogen-bond donors (Lipinski definition) is 2. The molecule has 1 aromatic heterocycles. The molecule has 2 N–H and O–H groups in total. The minimum absolute atomic E-state index is 0.0533. The van der Waals surface area contributed by atoms with Crippen LogP contribution in [0.5, 0.6) is 5.75 Å². The number of benzene rings is 3. The zero-order valence-corrected chi connectivity index (χ0v) is 25.3. The second-order valence-corrected chi connectivity index (χ2v) is 13.8. The number of ether oxygens (including phenoxy) is 1. The van der Waals surface area contributed by atoms with Gasteiger partial charge in [0.05, 0.1) is 34.2 Å². The zero-order valence-electron chi connectivity index (χ0n) is 23.7. The van der Waals surface area contributed by atoms with E-state index in [0.29, 0.717) is 6.61 Å². The highest BCUT2D eigenvalue weighted by Crippen LogP contribution is 2.34. The van der Waals surface area contributed by atoms with Gasteiger partial charge in [0.2, 0.25) is 9.84 Å². The number of carbonyl (C=O) groups excluding carboxylic acids is 2. The van der Waals surface area contributed by atoms with Gasteiger partial charge in [0, 0.05) is 34.8 Å². The standard InChI is InChI=1S/C32H32N4O5S2/c1-36(23-6-4-7-23)16-5-17-41-24-13-10-21(11-14-24)32-34-20-25(42-32)19-33-30(37)22-12-15-29-27(18-22)35-31(38)26-8-2-3-9-28(26)43(29,39)40/h2-3,8-15,18,20,23H,4-7,16-17,19H2,1H3,(H,33,37)(H,35,38). The Labute approximate surface area is 254 Å². The van der Waals surface area contributed by atoms with Gasteiger partial charge in [-0.25, -0.2) is 13.4 Å². The Morgan fingerprint density at radius 1 is 1.09 bits per heavy atom. The summed E-state index contributed by atoms with van der Waals surface area (Å²) in [5.74, 6) is -0.112. The average molecular weight is 617 g/mol. The molecular formula is C32H32N4O5S2. The lowest BCUT2D eigenvalue weighted by atomic mass is 9.92. The molecule has 11 heteroatoms. The highest BCUT2D eigenvalue weighted by molar-refractivity contribution is 7.91. The molecule has 1 saturated carbocycles. The van der Waals surface area contributed by atoms with E-state index in [2.05, 4.69) is 27.6 Å². The number of nitrogens with one attached hydrogen (secondary N) is 2. The first-order valence-corrected chi connectivity index (χ1v) is 16.6. The number of sulfone groups is 1. The molecule has 2 amide bonds. The molecule has 43 heavy (non-hydrogen) atoms. The minimum Gasteiger partial charge on any atom is -0.494 e. The van der Waals surface area contributed by atoms with E-state index in [9.17, 15) is 18.0 Å². The molecule has 0 atom stereocenters. The van der Waals surface area contributed by atoms with Gasteiger partial charge in [-0.2, -0.15) is 0 Å². The summed E-state index contributed by atoms with van der Waals surface area (Å²) in [5, 5.41) is 6.33. The number of amides is 2. The lowest BCUT2D eigenvalue weighted by Gasteiger charge is -2.34. The summed E-state index contributed by atoms with van der Waals surface area (Å²) < 4.78 is 32.3. The molecule has 0 radical (unpaired) electrons. The van der Waals surface area contributed by atoms with Crippen molar-refractivity contribution < 1.29 is 22.7 Å². The largest absolute Gasteiger partial charge is 0.494 e. The highest BCUT2D eigenvalue weighted by Gasteiger charge is 2.31. The van der Waals surface area contributed by atoms with Gasteiger partial charge in [-0.05, 0) is 80.9 Å². The van der Waals surface area contributed by atoms with E-state index in [0.717, 1.165) is 40.2 Å². The fourth-order valence-corrected chi connectivity index (χ4v) is 7.65. The van der Waals surface area contributed by atoms with Gasteiger partial charge in [0.15, 0.2) is 0 Å². The Bertz CT molecular complexity index is 1760. The third-order valence-corrected chi connectivity index (χ3v) is 10.8. The van der Waals surface area contributed by atoms with Crippen LogP contribution in [0.4, 0.5) is 5.69 Å². The maximum Gasteiger partial charge on any atom is 0.257 e. The predicted octanol–water partition coefficient (Wildman–Crippen LogP) is 5.39. The molecule has 2 aliphatic rings. The molecule has 2 heterocycles. The van der Waals surface area contributed by atoms with E-state index in [1.54, 1.807) is 18.3 Å². The average Bonchev–Trinajstić information content (AvgIpc) is 3.43. The van der Waals surface area contributed by atoms with Crippen LogP contribution >= 0.6 is 11.3 Å². The van der Waals surface area contributed by atoms with Crippen molar-refractivity contribution in [2.24, 2.45) is 0 Å². The lowest BCUT2D eigenvalue weighted by Crippen LogP contribution is -2.38. The van der Waals surface area contributed by atoms with Crippen molar-refractivity contribution >= 4 is 38.7 Å². The Kier molecular flexibility index (Phi) is 8.29. The number of hydrogen-bond acceptors (Lipinski definition) is 8. The van der Waals surface area contributed by atoms with Crippen molar-refractivity contribution in [3.8, 4) is 16.3 Å². The smallest absolute Gasteiger partial charge is 0.257 e. The van der Waals surface area contributed by atoms with E-state index in [1.807, 2.05) is 24.3 Å². The van der Waals surface area contributed by atoms with Crippen LogP contribution in [-0.4, -0.2) is 56.4 Å². The van der Waals surface area contributed by atoms with E-state index in [1.165, 1.54) is 60.9 Å². The number of nitrogens with zero attached hydrogens (tertiary/aromatic N) is 2.